The predicted octanol–water partition coefficient (Wildman–Crippen LogP) is 2.15. The molecule has 0 aromatic rings. The molecular weight excluding hydrogens is 212 g/mol. The molecule has 0 bridgehead atoms. The number of likely N-dealkylation sites (tertiary alicyclic amines) is 1. The van der Waals surface area contributed by atoms with Gasteiger partial charge >= 0.3 is 0 Å². The zero-order chi connectivity index (χ0) is 12.3. The van der Waals surface area contributed by atoms with Crippen LogP contribution in [-0.2, 0) is 4.79 Å². The van der Waals surface area contributed by atoms with Crippen molar-refractivity contribution in [2.24, 2.45) is 17.6 Å². The number of amides is 1. The van der Waals surface area contributed by atoms with E-state index in [0.717, 1.165) is 32.4 Å². The monoisotopic (exact) mass is 238 g/mol. The molecule has 3 nitrogen and oxygen atoms in total. The molecule has 0 spiro atoms. The highest BCUT2D eigenvalue weighted by Gasteiger charge is 2.26. The Morgan fingerprint density at radius 1 is 1.29 bits per heavy atom. The summed E-state index contributed by atoms with van der Waals surface area (Å²) in [6, 6.07) is 0.335. The Kier molecular flexibility index (Phi) is 4.43. The van der Waals surface area contributed by atoms with Crippen LogP contribution in [-0.4, -0.2) is 29.9 Å². The number of rotatable bonds is 2. The van der Waals surface area contributed by atoms with Crippen molar-refractivity contribution in [1.82, 2.24) is 4.90 Å². The van der Waals surface area contributed by atoms with E-state index >= 15 is 0 Å². The van der Waals surface area contributed by atoms with E-state index in [2.05, 4.69) is 11.8 Å². The molecule has 98 valence electrons. The molecule has 1 aliphatic carbocycles. The van der Waals surface area contributed by atoms with E-state index in [9.17, 15) is 4.79 Å². The molecule has 3 unspecified atom stereocenters. The summed E-state index contributed by atoms with van der Waals surface area (Å²) >= 11 is 0. The highest BCUT2D eigenvalue weighted by molar-refractivity contribution is 5.76. The molecule has 1 saturated carbocycles. The van der Waals surface area contributed by atoms with E-state index in [1.54, 1.807) is 0 Å². The first kappa shape index (κ1) is 12.9. The van der Waals surface area contributed by atoms with E-state index in [4.69, 9.17) is 5.73 Å². The van der Waals surface area contributed by atoms with Crippen molar-refractivity contribution in [3.8, 4) is 0 Å². The first-order valence-electron chi connectivity index (χ1n) is 7.18. The van der Waals surface area contributed by atoms with Gasteiger partial charge in [-0.1, -0.05) is 13.3 Å². The number of nitrogens with zero attached hydrogens (tertiary/aromatic N) is 1. The van der Waals surface area contributed by atoms with Crippen LogP contribution in [0.25, 0.3) is 0 Å². The van der Waals surface area contributed by atoms with Crippen molar-refractivity contribution in [3.05, 3.63) is 0 Å². The molecule has 0 aromatic heterocycles. The second-order valence-corrected chi connectivity index (χ2v) is 6.08. The van der Waals surface area contributed by atoms with Crippen LogP contribution in [0.1, 0.15) is 51.9 Å². The van der Waals surface area contributed by atoms with E-state index in [0.29, 0.717) is 23.8 Å². The Morgan fingerprint density at radius 2 is 2.12 bits per heavy atom. The first-order valence-corrected chi connectivity index (χ1v) is 7.18. The number of hydrogen-bond donors (Lipinski definition) is 1. The number of carbonyl (C=O) groups excluding carboxylic acids is 1. The van der Waals surface area contributed by atoms with Crippen molar-refractivity contribution in [1.29, 1.82) is 0 Å². The first-order chi connectivity index (χ1) is 8.15. The van der Waals surface area contributed by atoms with Crippen molar-refractivity contribution < 1.29 is 4.79 Å². The van der Waals surface area contributed by atoms with E-state index in [1.165, 1.54) is 25.7 Å². The molecule has 2 N–H and O–H groups in total. The van der Waals surface area contributed by atoms with E-state index in [-0.39, 0.29) is 0 Å². The van der Waals surface area contributed by atoms with Crippen molar-refractivity contribution >= 4 is 5.91 Å². The summed E-state index contributed by atoms with van der Waals surface area (Å²) in [5, 5.41) is 0. The summed E-state index contributed by atoms with van der Waals surface area (Å²) in [7, 11) is 0. The largest absolute Gasteiger partial charge is 0.342 e. The minimum Gasteiger partial charge on any atom is -0.342 e. The highest BCUT2D eigenvalue weighted by Crippen LogP contribution is 2.27. The Balaban J connectivity index is 1.79. The molecule has 2 fully saturated rings. The van der Waals surface area contributed by atoms with Gasteiger partial charge in [-0.05, 0) is 43.9 Å². The lowest BCUT2D eigenvalue weighted by Gasteiger charge is -2.33. The van der Waals surface area contributed by atoms with Gasteiger partial charge in [-0.3, -0.25) is 4.79 Å². The average Bonchev–Trinajstić information content (AvgIpc) is 2.29. The fourth-order valence-electron chi connectivity index (χ4n) is 3.31. The Labute approximate surface area is 105 Å². The zero-order valence-corrected chi connectivity index (χ0v) is 11.0. The second kappa shape index (κ2) is 5.85. The standard InChI is InChI=1S/C14H26N2O/c1-11-4-3-7-16(10-11)14(17)9-12-5-2-6-13(15)8-12/h11-13H,2-10,15H2,1H3. The molecule has 17 heavy (non-hydrogen) atoms. The third-order valence-corrected chi connectivity index (χ3v) is 4.30. The zero-order valence-electron chi connectivity index (χ0n) is 11.0. The van der Waals surface area contributed by atoms with Gasteiger partial charge < -0.3 is 10.6 Å². The fraction of sp³-hybridized carbons (Fsp3) is 0.929. The molecule has 1 aliphatic heterocycles. The number of carbonyl (C=O) groups is 1. The summed E-state index contributed by atoms with van der Waals surface area (Å²) in [5.41, 5.74) is 5.98. The van der Waals surface area contributed by atoms with Gasteiger partial charge in [0.1, 0.15) is 0 Å². The van der Waals surface area contributed by atoms with Crippen molar-refractivity contribution in [2.75, 3.05) is 13.1 Å². The fourth-order valence-corrected chi connectivity index (χ4v) is 3.31. The topological polar surface area (TPSA) is 46.3 Å². The van der Waals surface area contributed by atoms with Crippen LogP contribution in [0.2, 0.25) is 0 Å². The smallest absolute Gasteiger partial charge is 0.222 e. The lowest BCUT2D eigenvalue weighted by Crippen LogP contribution is -2.40. The lowest BCUT2D eigenvalue weighted by molar-refractivity contribution is -0.134. The summed E-state index contributed by atoms with van der Waals surface area (Å²) in [5.74, 6) is 1.60. The normalized spacial score (nSPS) is 34.7. The van der Waals surface area contributed by atoms with Crippen LogP contribution in [0.5, 0.6) is 0 Å². The Hall–Kier alpha value is -0.570. The van der Waals surface area contributed by atoms with Gasteiger partial charge in [0.15, 0.2) is 0 Å². The van der Waals surface area contributed by atoms with Crippen LogP contribution in [0.15, 0.2) is 0 Å². The Bertz CT molecular complexity index is 267. The summed E-state index contributed by atoms with van der Waals surface area (Å²) in [6.45, 7) is 4.19. The molecule has 1 amide bonds. The van der Waals surface area contributed by atoms with Crippen molar-refractivity contribution in [3.63, 3.8) is 0 Å². The third-order valence-electron chi connectivity index (χ3n) is 4.30. The number of nitrogens with two attached hydrogens (primary N) is 1. The van der Waals surface area contributed by atoms with Crippen LogP contribution >= 0.6 is 0 Å². The summed E-state index contributed by atoms with van der Waals surface area (Å²) in [4.78, 5) is 14.3. The molecule has 1 saturated heterocycles. The molecule has 2 rings (SSSR count). The minimum absolute atomic E-state index is 0.335. The van der Waals surface area contributed by atoms with Crippen LogP contribution in [0.3, 0.4) is 0 Å². The minimum atomic E-state index is 0.335. The molecule has 2 aliphatic rings. The van der Waals surface area contributed by atoms with Crippen LogP contribution < -0.4 is 5.73 Å². The summed E-state index contributed by atoms with van der Waals surface area (Å²) in [6.07, 6.45) is 7.79. The maximum atomic E-state index is 12.2. The Morgan fingerprint density at radius 3 is 2.82 bits per heavy atom. The van der Waals surface area contributed by atoms with Crippen molar-refractivity contribution in [2.45, 2.75) is 57.9 Å². The predicted molar refractivity (Wildman–Crippen MR) is 69.5 cm³/mol. The molecule has 3 atom stereocenters. The number of hydrogen-bond acceptors (Lipinski definition) is 2. The van der Waals surface area contributed by atoms with Gasteiger partial charge in [0, 0.05) is 25.6 Å². The second-order valence-electron chi connectivity index (χ2n) is 6.08. The van der Waals surface area contributed by atoms with Gasteiger partial charge in [-0.15, -0.1) is 0 Å². The van der Waals surface area contributed by atoms with E-state index in [1.807, 2.05) is 0 Å². The van der Waals surface area contributed by atoms with Crippen LogP contribution in [0, 0.1) is 11.8 Å². The third kappa shape index (κ3) is 3.70. The van der Waals surface area contributed by atoms with Gasteiger partial charge in [0.05, 0.1) is 0 Å². The highest BCUT2D eigenvalue weighted by atomic mass is 16.2. The molecule has 0 aromatic carbocycles. The maximum absolute atomic E-state index is 12.2. The lowest BCUT2D eigenvalue weighted by atomic mass is 9.83. The van der Waals surface area contributed by atoms with Gasteiger partial charge in [0.2, 0.25) is 5.91 Å². The average molecular weight is 238 g/mol. The number of piperidine rings is 1. The van der Waals surface area contributed by atoms with Gasteiger partial charge in [0.25, 0.3) is 0 Å². The molecular formula is C14H26N2O. The van der Waals surface area contributed by atoms with Gasteiger partial charge in [-0.2, -0.15) is 0 Å². The molecule has 3 heteroatoms. The van der Waals surface area contributed by atoms with Crippen LogP contribution in [0.4, 0.5) is 0 Å². The van der Waals surface area contributed by atoms with E-state index < -0.39 is 0 Å². The molecule has 1 heterocycles. The SMILES string of the molecule is CC1CCCN(C(=O)CC2CCCC(N)C2)C1. The summed E-state index contributed by atoms with van der Waals surface area (Å²) < 4.78 is 0. The maximum Gasteiger partial charge on any atom is 0.222 e. The van der Waals surface area contributed by atoms with Gasteiger partial charge in [-0.25, -0.2) is 0 Å². The molecule has 0 radical (unpaired) electrons. The quantitative estimate of drug-likeness (QED) is 0.801.